The molecule has 11 heavy (non-hydrogen) atoms. The van der Waals surface area contributed by atoms with Gasteiger partial charge < -0.3 is 10.7 Å². The third kappa shape index (κ3) is 3.38. The van der Waals surface area contributed by atoms with Gasteiger partial charge in [-0.25, -0.2) is 5.10 Å². The minimum Gasteiger partial charge on any atom is -0.429 e. The van der Waals surface area contributed by atoms with Crippen LogP contribution in [-0.4, -0.2) is 9.78 Å². The number of hydrogen-bond acceptors (Lipinski definition) is 1. The molecule has 0 saturated heterocycles. The Balaban J connectivity index is 0.000001000. The van der Waals surface area contributed by atoms with Crippen molar-refractivity contribution in [3.63, 3.8) is 0 Å². The van der Waals surface area contributed by atoms with Gasteiger partial charge in [0.25, 0.3) is 0 Å². The first kappa shape index (κ1) is 11.8. The fraction of sp³-hybridized carbons (Fsp3) is 0.625. The number of hydrogen-bond donors (Lipinski definition) is 0. The smallest absolute Gasteiger partial charge is 0.429 e. The van der Waals surface area contributed by atoms with Crippen molar-refractivity contribution in [1.82, 2.24) is 9.78 Å². The first-order valence-electron chi connectivity index (χ1n) is 3.44. The van der Waals surface area contributed by atoms with Crippen LogP contribution in [0.15, 0.2) is 6.20 Å². The van der Waals surface area contributed by atoms with Crippen molar-refractivity contribution in [2.24, 2.45) is 0 Å². The van der Waals surface area contributed by atoms with Crippen LogP contribution < -0.4 is 51.4 Å². The van der Waals surface area contributed by atoms with E-state index in [1.54, 1.807) is 0 Å². The fourth-order valence-electron chi connectivity index (χ4n) is 0.718. The van der Waals surface area contributed by atoms with E-state index in [0.29, 0.717) is 0 Å². The fourth-order valence-corrected chi connectivity index (χ4v) is 0.718. The summed E-state index contributed by atoms with van der Waals surface area (Å²) in [5.41, 5.74) is 1.04. The zero-order chi connectivity index (χ0) is 7.78. The Morgan fingerprint density at radius 2 is 2.00 bits per heavy atom. The van der Waals surface area contributed by atoms with E-state index in [0.717, 1.165) is 5.69 Å². The van der Waals surface area contributed by atoms with Crippen LogP contribution in [0.5, 0.6) is 0 Å². The summed E-state index contributed by atoms with van der Waals surface area (Å²) in [5.74, 6) is 0. The monoisotopic (exact) mass is 176 g/mol. The normalized spacial score (nSPS) is 10.9. The van der Waals surface area contributed by atoms with Crippen LogP contribution in [0, 0.1) is 13.0 Å². The molecule has 3 heteroatoms. The molecule has 0 fully saturated rings. The molecule has 0 aliphatic heterocycles. The Bertz CT molecular complexity index is 222. The Morgan fingerprint density at radius 1 is 1.45 bits per heavy atom. The molecule has 2 nitrogen and oxygen atoms in total. The van der Waals surface area contributed by atoms with Crippen LogP contribution in [0.1, 0.15) is 26.5 Å². The van der Waals surface area contributed by atoms with E-state index in [-0.39, 0.29) is 56.9 Å². The topological polar surface area (TPSA) is 17.8 Å². The van der Waals surface area contributed by atoms with Crippen LogP contribution in [-0.2, 0) is 5.54 Å². The van der Waals surface area contributed by atoms with Crippen LogP contribution >= 0.6 is 0 Å². The molecule has 0 radical (unpaired) electrons. The third-order valence-electron chi connectivity index (χ3n) is 1.34. The van der Waals surface area contributed by atoms with E-state index in [1.807, 2.05) is 17.8 Å². The maximum Gasteiger partial charge on any atom is 1.00 e. The second kappa shape index (κ2) is 4.19. The van der Waals surface area contributed by atoms with Crippen molar-refractivity contribution >= 4 is 0 Å². The van der Waals surface area contributed by atoms with E-state index < -0.39 is 0 Å². The molecule has 0 aliphatic rings. The molecule has 1 aromatic rings. The van der Waals surface area contributed by atoms with E-state index in [1.165, 1.54) is 0 Å². The summed E-state index contributed by atoms with van der Waals surface area (Å²) in [6.45, 7) is 8.30. The molecule has 0 unspecified atom stereocenters. The minimum atomic E-state index is 0. The van der Waals surface area contributed by atoms with Crippen molar-refractivity contribution in [1.29, 1.82) is 0 Å². The summed E-state index contributed by atoms with van der Waals surface area (Å²) in [4.78, 5) is 0. The Labute approximate surface area is 111 Å². The molecule has 0 aromatic carbocycles. The summed E-state index contributed by atoms with van der Waals surface area (Å²) >= 11 is 0. The van der Waals surface area contributed by atoms with E-state index >= 15 is 0 Å². The van der Waals surface area contributed by atoms with Gasteiger partial charge in [0.15, 0.2) is 0 Å². The zero-order valence-electron chi connectivity index (χ0n) is 7.97. The van der Waals surface area contributed by atoms with Gasteiger partial charge in [-0.15, -0.1) is 5.69 Å². The maximum absolute atomic E-state index is 4.24. The average molecular weight is 176 g/mol. The van der Waals surface area contributed by atoms with Gasteiger partial charge in [0, 0.05) is 0 Å². The molecule has 0 N–H and O–H groups in total. The molecule has 0 amide bonds. The summed E-state index contributed by atoms with van der Waals surface area (Å²) in [5, 5.41) is 4.24. The van der Waals surface area contributed by atoms with Crippen molar-refractivity contribution in [3.05, 3.63) is 18.0 Å². The van der Waals surface area contributed by atoms with Gasteiger partial charge in [0.2, 0.25) is 0 Å². The van der Waals surface area contributed by atoms with Crippen LogP contribution in [0.3, 0.4) is 0 Å². The number of nitrogens with zero attached hydrogens (tertiary/aromatic N) is 2. The molecule has 0 atom stereocenters. The van der Waals surface area contributed by atoms with Crippen molar-refractivity contribution in [2.75, 3.05) is 0 Å². The summed E-state index contributed by atoms with van der Waals surface area (Å²) in [7, 11) is 0. The Hall–Kier alpha value is 0.846. The molecule has 1 rings (SSSR count). The second-order valence-electron chi connectivity index (χ2n) is 3.47. The molecule has 1 aromatic heterocycles. The predicted octanol–water partition coefficient (Wildman–Crippen LogP) is -1.25. The van der Waals surface area contributed by atoms with Gasteiger partial charge in [-0.3, -0.25) is 0 Å². The van der Waals surface area contributed by atoms with Crippen molar-refractivity contribution in [2.45, 2.75) is 33.2 Å². The summed E-state index contributed by atoms with van der Waals surface area (Å²) in [6.07, 6.45) is 1.88. The Morgan fingerprint density at radius 3 is 2.18 bits per heavy atom. The maximum atomic E-state index is 4.24. The van der Waals surface area contributed by atoms with Gasteiger partial charge in [-0.05, 0) is 20.8 Å². The van der Waals surface area contributed by atoms with Gasteiger partial charge in [0.05, 0.1) is 5.54 Å². The molecule has 0 bridgehead atoms. The van der Waals surface area contributed by atoms with Crippen molar-refractivity contribution < 1.29 is 51.4 Å². The van der Waals surface area contributed by atoms with E-state index in [4.69, 9.17) is 0 Å². The third-order valence-corrected chi connectivity index (χ3v) is 1.34. The summed E-state index contributed by atoms with van der Waals surface area (Å²) in [6, 6.07) is 3.03. The molecule has 56 valence electrons. The van der Waals surface area contributed by atoms with Crippen molar-refractivity contribution in [3.8, 4) is 0 Å². The van der Waals surface area contributed by atoms with Crippen LogP contribution in [0.4, 0.5) is 0 Å². The molecule has 0 aliphatic carbocycles. The first-order chi connectivity index (χ1) is 4.50. The Kier molecular flexibility index (Phi) is 4.51. The van der Waals surface area contributed by atoms with Crippen LogP contribution in [0.2, 0.25) is 0 Å². The quantitative estimate of drug-likeness (QED) is 0.357. The number of aryl methyl sites for hydroxylation is 1. The first-order valence-corrected chi connectivity index (χ1v) is 3.44. The van der Waals surface area contributed by atoms with Crippen LogP contribution in [0.25, 0.3) is 0 Å². The SMILES string of the molecule is Cc1[c-]cn(C(C)(C)C)n1.[K+]. The van der Waals surface area contributed by atoms with Gasteiger partial charge >= 0.3 is 51.4 Å². The van der Waals surface area contributed by atoms with E-state index in [9.17, 15) is 0 Å². The minimum absolute atomic E-state index is 0. The van der Waals surface area contributed by atoms with Gasteiger partial charge in [0.1, 0.15) is 0 Å². The summed E-state index contributed by atoms with van der Waals surface area (Å²) < 4.78 is 1.92. The zero-order valence-corrected chi connectivity index (χ0v) is 11.1. The van der Waals surface area contributed by atoms with Gasteiger partial charge in [-0.1, -0.05) is 6.92 Å². The van der Waals surface area contributed by atoms with Gasteiger partial charge in [-0.2, -0.15) is 6.20 Å². The molecular formula is C8H13KN2. The number of rotatable bonds is 0. The molecular weight excluding hydrogens is 163 g/mol. The largest absolute Gasteiger partial charge is 1.00 e. The molecule has 0 saturated carbocycles. The number of aromatic nitrogens is 2. The van der Waals surface area contributed by atoms with E-state index in [2.05, 4.69) is 31.9 Å². The average Bonchev–Trinajstić information content (AvgIpc) is 2.11. The molecule has 1 heterocycles. The molecule has 0 spiro atoms. The predicted molar refractivity (Wildman–Crippen MR) is 40.8 cm³/mol. The second-order valence-corrected chi connectivity index (χ2v) is 3.47. The standard InChI is InChI=1S/C8H13N2.K/c1-7-5-6-10(9-7)8(2,3)4;/h6H,1-4H3;/q-1;+1.